The number of hydrogen-bond donors (Lipinski definition) is 1. The number of carbonyl (C=O) groups is 2. The third-order valence-corrected chi connectivity index (χ3v) is 5.48. The molecule has 0 aromatic carbocycles. The molecule has 0 aliphatic heterocycles. The van der Waals surface area contributed by atoms with Crippen molar-refractivity contribution in [2.75, 3.05) is 13.2 Å². The van der Waals surface area contributed by atoms with Gasteiger partial charge in [-0.2, -0.15) is 18.4 Å². The van der Waals surface area contributed by atoms with Crippen LogP contribution in [0.4, 0.5) is 22.0 Å². The summed E-state index contributed by atoms with van der Waals surface area (Å²) in [5.41, 5.74) is -2.24. The lowest BCUT2D eigenvalue weighted by atomic mass is 9.83. The first-order valence-electron chi connectivity index (χ1n) is 10.3. The van der Waals surface area contributed by atoms with Gasteiger partial charge in [-0.25, -0.2) is 13.8 Å². The zero-order valence-corrected chi connectivity index (χ0v) is 17.6. The van der Waals surface area contributed by atoms with Crippen LogP contribution in [0.15, 0.2) is 12.1 Å². The van der Waals surface area contributed by atoms with E-state index in [2.05, 4.69) is 10.3 Å². The molecule has 1 aliphatic carbocycles. The minimum Gasteiger partial charge on any atom is -0.465 e. The van der Waals surface area contributed by atoms with Gasteiger partial charge in [0.1, 0.15) is 24.0 Å². The van der Waals surface area contributed by atoms with Gasteiger partial charge >= 0.3 is 12.1 Å². The molecule has 33 heavy (non-hydrogen) atoms. The number of amides is 1. The lowest BCUT2D eigenvalue weighted by Crippen LogP contribution is -2.30. The Morgan fingerprint density at radius 3 is 2.55 bits per heavy atom. The Labute approximate surface area is 185 Å². The van der Waals surface area contributed by atoms with Crippen molar-refractivity contribution in [3.8, 4) is 6.07 Å². The van der Waals surface area contributed by atoms with Crippen LogP contribution in [0.3, 0.4) is 0 Å². The van der Waals surface area contributed by atoms with Crippen LogP contribution in [-0.2, 0) is 22.1 Å². The van der Waals surface area contributed by atoms with Crippen molar-refractivity contribution in [1.82, 2.24) is 14.7 Å². The minimum atomic E-state index is -4.85. The summed E-state index contributed by atoms with van der Waals surface area (Å²) in [5, 5.41) is 11.8. The summed E-state index contributed by atoms with van der Waals surface area (Å²) in [7, 11) is 0. The molecule has 0 radical (unpaired) electrons. The number of halogens is 5. The quantitative estimate of drug-likeness (QED) is 0.509. The van der Waals surface area contributed by atoms with Crippen LogP contribution in [0.25, 0.3) is 5.65 Å². The Hall–Kier alpha value is -3.23. The number of alkyl halides is 5. The predicted octanol–water partition coefficient (Wildman–Crippen LogP) is 3.89. The zero-order chi connectivity index (χ0) is 24.4. The average Bonchev–Trinajstić information content (AvgIpc) is 3.12. The Kier molecular flexibility index (Phi) is 6.90. The number of nitriles is 1. The Morgan fingerprint density at radius 1 is 1.30 bits per heavy atom. The summed E-state index contributed by atoms with van der Waals surface area (Å²) in [6, 6.07) is 3.94. The third-order valence-electron chi connectivity index (χ3n) is 5.48. The number of fused-ring (bicyclic) bond motifs is 1. The molecule has 2 heterocycles. The fourth-order valence-corrected chi connectivity index (χ4v) is 3.90. The second kappa shape index (κ2) is 9.33. The number of nitrogens with zero attached hydrogens (tertiary/aromatic N) is 3. The number of carbonyl (C=O) groups excluding carboxylic acids is 2. The highest BCUT2D eigenvalue weighted by Crippen LogP contribution is 2.40. The summed E-state index contributed by atoms with van der Waals surface area (Å²) >= 11 is 0. The molecule has 2 aromatic heterocycles. The van der Waals surface area contributed by atoms with Gasteiger partial charge in [-0.05, 0) is 44.2 Å². The molecule has 7 nitrogen and oxygen atoms in total. The Balaban J connectivity index is 1.98. The predicted molar refractivity (Wildman–Crippen MR) is 104 cm³/mol. The van der Waals surface area contributed by atoms with Crippen molar-refractivity contribution in [3.05, 3.63) is 34.8 Å². The SMILES string of the molecule is CCOC(=O)CNC(=O)c1cc(C#N)n2c(CC3CCC(F)(F)CC3)c(C(F)(F)F)nc2c1. The molecule has 178 valence electrons. The van der Waals surface area contributed by atoms with Crippen LogP contribution >= 0.6 is 0 Å². The molecular weight excluding hydrogens is 451 g/mol. The van der Waals surface area contributed by atoms with Crippen LogP contribution in [0, 0.1) is 17.2 Å². The smallest absolute Gasteiger partial charge is 0.435 e. The first-order chi connectivity index (χ1) is 15.4. The second-order valence-electron chi connectivity index (χ2n) is 7.83. The summed E-state index contributed by atoms with van der Waals surface area (Å²) in [6.45, 7) is 1.23. The fraction of sp³-hybridized carbons (Fsp3) is 0.524. The van der Waals surface area contributed by atoms with Crippen molar-refractivity contribution in [1.29, 1.82) is 5.26 Å². The molecule has 1 amide bonds. The van der Waals surface area contributed by atoms with Crippen LogP contribution in [0.5, 0.6) is 0 Å². The number of aromatic nitrogens is 2. The number of imidazole rings is 1. The molecular formula is C21H21F5N4O3. The van der Waals surface area contributed by atoms with Gasteiger partial charge in [-0.1, -0.05) is 0 Å². The van der Waals surface area contributed by atoms with Gasteiger partial charge < -0.3 is 10.1 Å². The molecule has 0 atom stereocenters. The molecule has 12 heteroatoms. The number of ether oxygens (including phenoxy) is 1. The second-order valence-corrected chi connectivity index (χ2v) is 7.83. The van der Waals surface area contributed by atoms with Gasteiger partial charge in [0.2, 0.25) is 5.92 Å². The minimum absolute atomic E-state index is 0.0494. The van der Waals surface area contributed by atoms with Crippen LogP contribution in [0.2, 0.25) is 0 Å². The lowest BCUT2D eigenvalue weighted by Gasteiger charge is -2.28. The molecule has 0 bridgehead atoms. The van der Waals surface area contributed by atoms with E-state index in [0.717, 1.165) is 16.5 Å². The molecule has 2 aromatic rings. The molecule has 1 fully saturated rings. The number of nitrogens with one attached hydrogen (secondary N) is 1. The van der Waals surface area contributed by atoms with Gasteiger partial charge in [0.05, 0.1) is 12.3 Å². The van der Waals surface area contributed by atoms with E-state index >= 15 is 0 Å². The van der Waals surface area contributed by atoms with Crippen LogP contribution < -0.4 is 5.32 Å². The van der Waals surface area contributed by atoms with E-state index in [1.165, 1.54) is 0 Å². The molecule has 0 unspecified atom stereocenters. The van der Waals surface area contributed by atoms with Crippen LogP contribution in [-0.4, -0.2) is 40.3 Å². The van der Waals surface area contributed by atoms with E-state index in [1.807, 2.05) is 0 Å². The highest BCUT2D eigenvalue weighted by Gasteiger charge is 2.41. The number of hydrogen-bond acceptors (Lipinski definition) is 5. The number of esters is 1. The fourth-order valence-electron chi connectivity index (χ4n) is 3.90. The van der Waals surface area contributed by atoms with E-state index in [0.29, 0.717) is 0 Å². The Morgan fingerprint density at radius 2 is 1.97 bits per heavy atom. The lowest BCUT2D eigenvalue weighted by molar-refractivity contribution is -0.142. The van der Waals surface area contributed by atoms with Gasteiger partial charge in [0.15, 0.2) is 5.69 Å². The van der Waals surface area contributed by atoms with E-state index in [9.17, 15) is 36.8 Å². The molecule has 3 rings (SSSR count). The monoisotopic (exact) mass is 472 g/mol. The van der Waals surface area contributed by atoms with Crippen molar-refractivity contribution in [2.45, 2.75) is 51.1 Å². The first kappa shape index (κ1) is 24.4. The van der Waals surface area contributed by atoms with E-state index in [4.69, 9.17) is 4.74 Å². The maximum absolute atomic E-state index is 13.7. The number of pyridine rings is 1. The maximum atomic E-state index is 13.7. The third kappa shape index (κ3) is 5.58. The molecule has 1 aliphatic rings. The summed E-state index contributed by atoms with van der Waals surface area (Å²) in [4.78, 5) is 27.4. The normalized spacial score (nSPS) is 16.4. The van der Waals surface area contributed by atoms with E-state index in [-0.39, 0.29) is 48.5 Å². The largest absolute Gasteiger partial charge is 0.465 e. The van der Waals surface area contributed by atoms with Crippen molar-refractivity contribution >= 4 is 17.5 Å². The van der Waals surface area contributed by atoms with Crippen molar-refractivity contribution in [2.24, 2.45) is 5.92 Å². The summed E-state index contributed by atoms with van der Waals surface area (Å²) < 4.78 is 73.8. The summed E-state index contributed by atoms with van der Waals surface area (Å²) in [5.74, 6) is -4.75. The molecule has 1 saturated carbocycles. The standard InChI is InChI=1S/C21H21F5N4O3/c1-2-33-17(31)11-28-19(32)13-8-14(10-27)30-15(7-12-3-5-20(22,23)6-4-12)18(21(24,25)26)29-16(30)9-13/h8-9,12H,2-7,11H2,1H3,(H,28,32). The van der Waals surface area contributed by atoms with E-state index < -0.39 is 55.0 Å². The Bertz CT molecular complexity index is 1090. The van der Waals surface area contributed by atoms with Gasteiger partial charge in [0, 0.05) is 18.4 Å². The topological polar surface area (TPSA) is 96.5 Å². The first-order valence-corrected chi connectivity index (χ1v) is 10.3. The van der Waals surface area contributed by atoms with Crippen molar-refractivity contribution < 1.29 is 36.3 Å². The molecule has 0 spiro atoms. The van der Waals surface area contributed by atoms with Crippen molar-refractivity contribution in [3.63, 3.8) is 0 Å². The highest BCUT2D eigenvalue weighted by atomic mass is 19.4. The number of rotatable bonds is 6. The van der Waals surface area contributed by atoms with Crippen LogP contribution in [0.1, 0.15) is 60.0 Å². The zero-order valence-electron chi connectivity index (χ0n) is 17.6. The maximum Gasteiger partial charge on any atom is 0.435 e. The molecule has 0 saturated heterocycles. The average molecular weight is 472 g/mol. The van der Waals surface area contributed by atoms with E-state index in [1.54, 1.807) is 13.0 Å². The van der Waals surface area contributed by atoms with Gasteiger partial charge in [0.25, 0.3) is 5.91 Å². The van der Waals surface area contributed by atoms with Gasteiger partial charge in [-0.15, -0.1) is 0 Å². The highest BCUT2D eigenvalue weighted by molar-refractivity contribution is 5.97. The van der Waals surface area contributed by atoms with Gasteiger partial charge in [-0.3, -0.25) is 14.0 Å². The summed E-state index contributed by atoms with van der Waals surface area (Å²) in [6.07, 6.45) is -5.76. The molecule has 1 N–H and O–H groups in total.